The van der Waals surface area contributed by atoms with Gasteiger partial charge in [0.15, 0.2) is 0 Å². The topological polar surface area (TPSA) is 60.2 Å². The van der Waals surface area contributed by atoms with Crippen LogP contribution in [0.1, 0.15) is 5.56 Å². The van der Waals surface area contributed by atoms with Crippen molar-refractivity contribution in [1.29, 1.82) is 0 Å². The van der Waals surface area contributed by atoms with Crippen LogP contribution in [0.3, 0.4) is 0 Å². The number of aromatic nitrogens is 1. The standard InChI is InChI=1S/C9H13N3OS/c1-13-9-8(5-14-12-9)6-2-7(10)4-11-3-6/h2,5,7,11H,3-4,10H2,1H3. The molecule has 0 saturated carbocycles. The maximum Gasteiger partial charge on any atom is 0.232 e. The Bertz CT molecular complexity index is 348. The number of nitrogens with two attached hydrogens (primary N) is 1. The first-order valence-corrected chi connectivity index (χ1v) is 5.30. The predicted molar refractivity (Wildman–Crippen MR) is 57.5 cm³/mol. The van der Waals surface area contributed by atoms with Crippen LogP contribution < -0.4 is 15.8 Å². The Morgan fingerprint density at radius 1 is 1.71 bits per heavy atom. The molecule has 1 aliphatic heterocycles. The molecule has 0 amide bonds. The molecule has 2 heterocycles. The van der Waals surface area contributed by atoms with Crippen LogP contribution >= 0.6 is 11.5 Å². The Balaban J connectivity index is 2.29. The lowest BCUT2D eigenvalue weighted by molar-refractivity contribution is 0.401. The van der Waals surface area contributed by atoms with Crippen LogP contribution in [-0.4, -0.2) is 30.6 Å². The van der Waals surface area contributed by atoms with Gasteiger partial charge in [-0.15, -0.1) is 0 Å². The van der Waals surface area contributed by atoms with Crippen molar-refractivity contribution in [2.75, 3.05) is 20.2 Å². The van der Waals surface area contributed by atoms with Crippen LogP contribution in [0.25, 0.3) is 5.57 Å². The van der Waals surface area contributed by atoms with Crippen LogP contribution in [0.15, 0.2) is 11.5 Å². The Morgan fingerprint density at radius 2 is 2.57 bits per heavy atom. The summed E-state index contributed by atoms with van der Waals surface area (Å²) in [4.78, 5) is 0. The van der Waals surface area contributed by atoms with Gasteiger partial charge in [-0.05, 0) is 17.1 Å². The van der Waals surface area contributed by atoms with E-state index in [2.05, 4.69) is 15.8 Å². The van der Waals surface area contributed by atoms with Crippen molar-refractivity contribution >= 4 is 17.1 Å². The molecule has 0 bridgehead atoms. The van der Waals surface area contributed by atoms with Crippen molar-refractivity contribution < 1.29 is 4.74 Å². The summed E-state index contributed by atoms with van der Waals surface area (Å²) in [6, 6.07) is 0.0864. The van der Waals surface area contributed by atoms with E-state index < -0.39 is 0 Å². The van der Waals surface area contributed by atoms with Crippen molar-refractivity contribution in [3.63, 3.8) is 0 Å². The third-order valence-corrected chi connectivity index (χ3v) is 2.80. The number of hydrogen-bond donors (Lipinski definition) is 2. The van der Waals surface area contributed by atoms with Gasteiger partial charge in [0.1, 0.15) is 0 Å². The average Bonchev–Trinajstić information content (AvgIpc) is 2.65. The highest BCUT2D eigenvalue weighted by atomic mass is 32.1. The number of nitrogens with zero attached hydrogens (tertiary/aromatic N) is 1. The fraction of sp³-hybridized carbons (Fsp3) is 0.444. The second-order valence-corrected chi connectivity index (χ2v) is 3.85. The summed E-state index contributed by atoms with van der Waals surface area (Å²) in [5.41, 5.74) is 8.06. The van der Waals surface area contributed by atoms with Gasteiger partial charge < -0.3 is 15.8 Å². The highest BCUT2D eigenvalue weighted by molar-refractivity contribution is 7.04. The summed E-state index contributed by atoms with van der Waals surface area (Å²) in [7, 11) is 1.63. The molecule has 0 radical (unpaired) electrons. The van der Waals surface area contributed by atoms with E-state index in [0.717, 1.165) is 18.7 Å². The summed E-state index contributed by atoms with van der Waals surface area (Å²) in [6.07, 6.45) is 2.07. The fourth-order valence-corrected chi connectivity index (χ4v) is 2.20. The lowest BCUT2D eigenvalue weighted by Crippen LogP contribution is -2.37. The van der Waals surface area contributed by atoms with Gasteiger partial charge in [-0.3, -0.25) is 0 Å². The van der Waals surface area contributed by atoms with Crippen molar-refractivity contribution in [3.8, 4) is 5.88 Å². The summed E-state index contributed by atoms with van der Waals surface area (Å²) in [6.45, 7) is 1.67. The molecule has 0 spiro atoms. The van der Waals surface area contributed by atoms with E-state index in [1.165, 1.54) is 17.1 Å². The number of ether oxygens (including phenoxy) is 1. The van der Waals surface area contributed by atoms with Crippen molar-refractivity contribution in [2.45, 2.75) is 6.04 Å². The molecule has 1 aliphatic rings. The Kier molecular flexibility index (Phi) is 2.81. The minimum absolute atomic E-state index is 0.0864. The van der Waals surface area contributed by atoms with Gasteiger partial charge in [-0.2, -0.15) is 4.37 Å². The molecule has 0 fully saturated rings. The van der Waals surface area contributed by atoms with E-state index in [4.69, 9.17) is 10.5 Å². The first-order chi connectivity index (χ1) is 6.81. The number of rotatable bonds is 2. The monoisotopic (exact) mass is 211 g/mol. The minimum atomic E-state index is 0.0864. The number of hydrogen-bond acceptors (Lipinski definition) is 5. The molecule has 0 aromatic carbocycles. The molecule has 0 saturated heterocycles. The zero-order valence-electron chi connectivity index (χ0n) is 7.99. The summed E-state index contributed by atoms with van der Waals surface area (Å²) in [5, 5.41) is 5.24. The molecule has 1 aromatic rings. The zero-order valence-corrected chi connectivity index (χ0v) is 8.80. The van der Waals surface area contributed by atoms with Crippen molar-refractivity contribution in [3.05, 3.63) is 17.0 Å². The predicted octanol–water partition coefficient (Wildman–Crippen LogP) is 0.466. The summed E-state index contributed by atoms with van der Waals surface area (Å²) in [5.74, 6) is 0.692. The van der Waals surface area contributed by atoms with Gasteiger partial charge in [-0.25, -0.2) is 0 Å². The first-order valence-electron chi connectivity index (χ1n) is 4.47. The first kappa shape index (κ1) is 9.64. The van der Waals surface area contributed by atoms with Gasteiger partial charge in [0.05, 0.1) is 12.7 Å². The van der Waals surface area contributed by atoms with E-state index in [1.54, 1.807) is 7.11 Å². The van der Waals surface area contributed by atoms with E-state index in [1.807, 2.05) is 5.38 Å². The molecule has 3 N–H and O–H groups in total. The molecule has 1 atom stereocenters. The molecule has 0 aliphatic carbocycles. The third kappa shape index (κ3) is 1.79. The van der Waals surface area contributed by atoms with Crippen LogP contribution in [-0.2, 0) is 0 Å². The van der Waals surface area contributed by atoms with Gasteiger partial charge in [0.2, 0.25) is 5.88 Å². The quantitative estimate of drug-likeness (QED) is 0.746. The third-order valence-electron chi connectivity index (χ3n) is 2.19. The van der Waals surface area contributed by atoms with Crippen molar-refractivity contribution in [2.24, 2.45) is 5.73 Å². The molecule has 2 rings (SSSR count). The van der Waals surface area contributed by atoms with E-state index in [-0.39, 0.29) is 6.04 Å². The summed E-state index contributed by atoms with van der Waals surface area (Å²) < 4.78 is 9.31. The smallest absolute Gasteiger partial charge is 0.232 e. The SMILES string of the molecule is COc1nscc1C1=CC(N)CNC1. The van der Waals surface area contributed by atoms with Crippen molar-refractivity contribution in [1.82, 2.24) is 9.69 Å². The Hall–Kier alpha value is -0.910. The maximum atomic E-state index is 5.83. The minimum Gasteiger partial charge on any atom is -0.480 e. The molecular formula is C9H13N3OS. The van der Waals surface area contributed by atoms with Crippen LogP contribution in [0.2, 0.25) is 0 Å². The Morgan fingerprint density at radius 3 is 3.29 bits per heavy atom. The lowest BCUT2D eigenvalue weighted by atomic mass is 10.0. The second-order valence-electron chi connectivity index (χ2n) is 3.22. The van der Waals surface area contributed by atoms with E-state index in [0.29, 0.717) is 5.88 Å². The largest absolute Gasteiger partial charge is 0.480 e. The maximum absolute atomic E-state index is 5.83. The number of nitrogens with one attached hydrogen (secondary N) is 1. The zero-order chi connectivity index (χ0) is 9.97. The van der Waals surface area contributed by atoms with Gasteiger partial charge in [0, 0.05) is 24.5 Å². The molecule has 76 valence electrons. The van der Waals surface area contributed by atoms with Crippen LogP contribution in [0.4, 0.5) is 0 Å². The van der Waals surface area contributed by atoms with Gasteiger partial charge in [-0.1, -0.05) is 6.08 Å². The lowest BCUT2D eigenvalue weighted by Gasteiger charge is -2.18. The van der Waals surface area contributed by atoms with Gasteiger partial charge >= 0.3 is 0 Å². The second kappa shape index (κ2) is 4.08. The van der Waals surface area contributed by atoms with E-state index >= 15 is 0 Å². The van der Waals surface area contributed by atoms with Gasteiger partial charge in [0.25, 0.3) is 0 Å². The van der Waals surface area contributed by atoms with Crippen LogP contribution in [0.5, 0.6) is 5.88 Å². The fourth-order valence-electron chi connectivity index (χ4n) is 1.52. The van der Waals surface area contributed by atoms with Crippen LogP contribution in [0, 0.1) is 0 Å². The highest BCUT2D eigenvalue weighted by Gasteiger charge is 2.15. The molecular weight excluding hydrogens is 198 g/mol. The molecule has 1 unspecified atom stereocenters. The number of methoxy groups -OCH3 is 1. The van der Waals surface area contributed by atoms with E-state index in [9.17, 15) is 0 Å². The molecule has 1 aromatic heterocycles. The molecule has 14 heavy (non-hydrogen) atoms. The summed E-state index contributed by atoms with van der Waals surface area (Å²) >= 11 is 1.40. The average molecular weight is 211 g/mol. The highest BCUT2D eigenvalue weighted by Crippen LogP contribution is 2.27. The molecule has 5 heteroatoms. The Labute approximate surface area is 86.9 Å². The molecule has 4 nitrogen and oxygen atoms in total. The normalized spacial score (nSPS) is 21.9.